The van der Waals surface area contributed by atoms with E-state index in [2.05, 4.69) is 21.2 Å². The Morgan fingerprint density at radius 1 is 1.14 bits per heavy atom. The van der Waals surface area contributed by atoms with Gasteiger partial charge in [0.1, 0.15) is 11.6 Å². The van der Waals surface area contributed by atoms with Gasteiger partial charge in [-0.1, -0.05) is 15.9 Å². The largest absolute Gasteiger partial charge is 0.319 e. The summed E-state index contributed by atoms with van der Waals surface area (Å²) in [7, 11) is 0. The molecule has 8 heteroatoms. The highest BCUT2D eigenvalue weighted by atomic mass is 79.9. The van der Waals surface area contributed by atoms with Crippen LogP contribution in [0.4, 0.5) is 20.2 Å². The lowest BCUT2D eigenvalue weighted by Gasteiger charge is -2.07. The first-order valence-electron chi connectivity index (χ1n) is 5.59. The maximum absolute atomic E-state index is 13.6. The lowest BCUT2D eigenvalue weighted by molar-refractivity contribution is -0.384. The van der Waals surface area contributed by atoms with E-state index in [0.717, 1.165) is 24.3 Å². The van der Waals surface area contributed by atoms with Gasteiger partial charge in [0.25, 0.3) is 11.6 Å². The van der Waals surface area contributed by atoms with E-state index in [1.165, 1.54) is 12.1 Å². The lowest BCUT2D eigenvalue weighted by atomic mass is 10.1. The third-order valence-electron chi connectivity index (χ3n) is 2.58. The van der Waals surface area contributed by atoms with E-state index in [-0.39, 0.29) is 5.69 Å². The van der Waals surface area contributed by atoms with E-state index in [9.17, 15) is 23.7 Å². The summed E-state index contributed by atoms with van der Waals surface area (Å²) >= 11 is 3.06. The molecule has 5 nitrogen and oxygen atoms in total. The van der Waals surface area contributed by atoms with Gasteiger partial charge in [-0.3, -0.25) is 14.9 Å². The molecule has 0 saturated carbocycles. The minimum absolute atomic E-state index is 0.158. The second-order valence-electron chi connectivity index (χ2n) is 4.00. The van der Waals surface area contributed by atoms with Crippen LogP contribution in [0.1, 0.15) is 10.4 Å². The molecule has 0 aromatic heterocycles. The molecule has 0 aliphatic carbocycles. The Morgan fingerprint density at radius 3 is 2.48 bits per heavy atom. The number of halogens is 3. The van der Waals surface area contributed by atoms with Gasteiger partial charge in [0.05, 0.1) is 16.2 Å². The number of hydrogen-bond donors (Lipinski definition) is 1. The van der Waals surface area contributed by atoms with E-state index in [1.807, 2.05) is 0 Å². The van der Waals surface area contributed by atoms with Crippen molar-refractivity contribution in [3.63, 3.8) is 0 Å². The second-order valence-corrected chi connectivity index (χ2v) is 4.92. The van der Waals surface area contributed by atoms with Gasteiger partial charge in [-0.15, -0.1) is 0 Å². The van der Waals surface area contributed by atoms with E-state index < -0.39 is 33.7 Å². The number of amides is 1. The summed E-state index contributed by atoms with van der Waals surface area (Å²) in [6.45, 7) is 0. The number of carbonyl (C=O) groups excluding carboxylic acids is 1. The number of nitrogens with zero attached hydrogens (tertiary/aromatic N) is 1. The molecule has 0 radical (unpaired) electrons. The maximum Gasteiger partial charge on any atom is 0.270 e. The van der Waals surface area contributed by atoms with Gasteiger partial charge in [-0.05, 0) is 24.3 Å². The monoisotopic (exact) mass is 356 g/mol. The standard InChI is InChI=1S/C13H7BrF2N2O3/c14-7-1-4-12(11(16)5-7)17-13(19)9-6-8(18(20)21)2-3-10(9)15/h1-6H,(H,17,19). The molecule has 0 bridgehead atoms. The van der Waals surface area contributed by atoms with Crippen LogP contribution in [0.2, 0.25) is 0 Å². The van der Waals surface area contributed by atoms with Crippen molar-refractivity contribution in [2.24, 2.45) is 0 Å². The number of benzene rings is 2. The zero-order valence-corrected chi connectivity index (χ0v) is 11.9. The van der Waals surface area contributed by atoms with Crippen LogP contribution >= 0.6 is 15.9 Å². The fourth-order valence-corrected chi connectivity index (χ4v) is 1.91. The van der Waals surface area contributed by atoms with Crippen LogP contribution in [0.25, 0.3) is 0 Å². The highest BCUT2D eigenvalue weighted by Gasteiger charge is 2.18. The van der Waals surface area contributed by atoms with Gasteiger partial charge in [0.15, 0.2) is 0 Å². The summed E-state index contributed by atoms with van der Waals surface area (Å²) < 4.78 is 27.6. The molecule has 0 unspecified atom stereocenters. The number of carbonyl (C=O) groups is 1. The Morgan fingerprint density at radius 2 is 1.86 bits per heavy atom. The fraction of sp³-hybridized carbons (Fsp3) is 0. The maximum atomic E-state index is 13.6. The molecule has 21 heavy (non-hydrogen) atoms. The van der Waals surface area contributed by atoms with Crippen LogP contribution in [-0.4, -0.2) is 10.8 Å². The molecule has 1 amide bonds. The molecule has 0 saturated heterocycles. The Labute approximate surface area is 125 Å². The highest BCUT2D eigenvalue weighted by Crippen LogP contribution is 2.22. The van der Waals surface area contributed by atoms with Gasteiger partial charge in [-0.2, -0.15) is 0 Å². The minimum Gasteiger partial charge on any atom is -0.319 e. The normalized spacial score (nSPS) is 10.2. The zero-order chi connectivity index (χ0) is 15.6. The molecule has 2 aromatic rings. The molecule has 2 rings (SSSR count). The van der Waals surface area contributed by atoms with Crippen LogP contribution in [0.15, 0.2) is 40.9 Å². The smallest absolute Gasteiger partial charge is 0.270 e. The van der Waals surface area contributed by atoms with Crippen molar-refractivity contribution in [2.45, 2.75) is 0 Å². The molecule has 1 N–H and O–H groups in total. The summed E-state index contributed by atoms with van der Waals surface area (Å²) in [6, 6.07) is 6.44. The van der Waals surface area contributed by atoms with Gasteiger partial charge in [0, 0.05) is 16.6 Å². The summed E-state index contributed by atoms with van der Waals surface area (Å²) in [6.07, 6.45) is 0. The van der Waals surface area contributed by atoms with Crippen molar-refractivity contribution in [2.75, 3.05) is 5.32 Å². The summed E-state index contributed by atoms with van der Waals surface area (Å²) in [4.78, 5) is 21.8. The quantitative estimate of drug-likeness (QED) is 0.669. The third-order valence-corrected chi connectivity index (χ3v) is 3.08. The first-order valence-corrected chi connectivity index (χ1v) is 6.38. The van der Waals surface area contributed by atoms with Crippen LogP contribution in [0.5, 0.6) is 0 Å². The van der Waals surface area contributed by atoms with Crippen molar-refractivity contribution in [3.05, 3.63) is 68.2 Å². The SMILES string of the molecule is O=C(Nc1ccc(Br)cc1F)c1cc([N+](=O)[O-])ccc1F. The number of rotatable bonds is 3. The molecule has 2 aromatic carbocycles. The molecule has 0 atom stereocenters. The molecule has 0 spiro atoms. The van der Waals surface area contributed by atoms with Crippen LogP contribution in [0, 0.1) is 21.7 Å². The van der Waals surface area contributed by atoms with Gasteiger partial charge < -0.3 is 5.32 Å². The number of non-ortho nitro benzene ring substituents is 1. The number of hydrogen-bond acceptors (Lipinski definition) is 3. The number of anilines is 1. The van der Waals surface area contributed by atoms with E-state index in [0.29, 0.717) is 4.47 Å². The predicted octanol–water partition coefficient (Wildman–Crippen LogP) is 3.89. The van der Waals surface area contributed by atoms with Gasteiger partial charge in [0.2, 0.25) is 0 Å². The fourth-order valence-electron chi connectivity index (χ4n) is 1.58. The summed E-state index contributed by atoms with van der Waals surface area (Å²) in [5.74, 6) is -2.63. The lowest BCUT2D eigenvalue weighted by Crippen LogP contribution is -2.15. The number of nitro benzene ring substituents is 1. The van der Waals surface area contributed by atoms with Crippen molar-refractivity contribution in [1.29, 1.82) is 0 Å². The Kier molecular flexibility index (Phi) is 4.27. The Bertz CT molecular complexity index is 737. The van der Waals surface area contributed by atoms with Crippen LogP contribution in [-0.2, 0) is 0 Å². The summed E-state index contributed by atoms with van der Waals surface area (Å²) in [5.41, 5.74) is -1.13. The van der Waals surface area contributed by atoms with Crippen molar-refractivity contribution in [1.82, 2.24) is 0 Å². The first kappa shape index (κ1) is 15.0. The van der Waals surface area contributed by atoms with E-state index in [4.69, 9.17) is 0 Å². The van der Waals surface area contributed by atoms with Crippen molar-refractivity contribution < 1.29 is 18.5 Å². The van der Waals surface area contributed by atoms with E-state index >= 15 is 0 Å². The molecular formula is C13H7BrF2N2O3. The molecule has 108 valence electrons. The number of nitrogens with one attached hydrogen (secondary N) is 1. The molecule has 0 fully saturated rings. The molecule has 0 aliphatic heterocycles. The molecule has 0 heterocycles. The third kappa shape index (κ3) is 3.40. The average molecular weight is 357 g/mol. The first-order chi connectivity index (χ1) is 9.88. The Balaban J connectivity index is 2.32. The molecular weight excluding hydrogens is 350 g/mol. The highest BCUT2D eigenvalue weighted by molar-refractivity contribution is 9.10. The molecule has 0 aliphatic rings. The predicted molar refractivity (Wildman–Crippen MR) is 75.1 cm³/mol. The van der Waals surface area contributed by atoms with Crippen LogP contribution in [0.3, 0.4) is 0 Å². The number of nitro groups is 1. The Hall–Kier alpha value is -2.35. The van der Waals surface area contributed by atoms with Crippen molar-refractivity contribution >= 4 is 33.2 Å². The minimum atomic E-state index is -0.975. The second kappa shape index (κ2) is 5.96. The van der Waals surface area contributed by atoms with Gasteiger partial charge >= 0.3 is 0 Å². The van der Waals surface area contributed by atoms with E-state index in [1.54, 1.807) is 0 Å². The topological polar surface area (TPSA) is 72.2 Å². The zero-order valence-electron chi connectivity index (χ0n) is 10.3. The van der Waals surface area contributed by atoms with Gasteiger partial charge in [-0.25, -0.2) is 8.78 Å². The summed E-state index contributed by atoms with van der Waals surface area (Å²) in [5, 5.41) is 12.8. The van der Waals surface area contributed by atoms with Crippen molar-refractivity contribution in [3.8, 4) is 0 Å². The van der Waals surface area contributed by atoms with Crippen LogP contribution < -0.4 is 5.32 Å². The average Bonchev–Trinajstić information content (AvgIpc) is 2.42.